The van der Waals surface area contributed by atoms with Gasteiger partial charge in [0.1, 0.15) is 5.75 Å². The first kappa shape index (κ1) is 12.0. The Morgan fingerprint density at radius 3 is 2.60 bits per heavy atom. The number of hydrogen-bond acceptors (Lipinski definition) is 4. The molecule has 4 heteroatoms. The fourth-order valence-electron chi connectivity index (χ4n) is 1.46. The Morgan fingerprint density at radius 2 is 2.07 bits per heavy atom. The van der Waals surface area contributed by atoms with Crippen molar-refractivity contribution < 1.29 is 9.84 Å². The zero-order valence-corrected chi connectivity index (χ0v) is 9.10. The van der Waals surface area contributed by atoms with Crippen LogP contribution in [0.25, 0.3) is 0 Å². The molecule has 1 rings (SSSR count). The molecule has 0 aliphatic rings. The zero-order chi connectivity index (χ0) is 11.4. The molecule has 0 saturated heterocycles. The molecule has 0 spiro atoms. The first-order valence-electron chi connectivity index (χ1n) is 4.86. The summed E-state index contributed by atoms with van der Waals surface area (Å²) in [5.74, 6) is 0.189. The van der Waals surface area contributed by atoms with E-state index in [-0.39, 0.29) is 11.8 Å². The fraction of sp³-hybridized carbons (Fsp3) is 0.455. The number of aryl methyl sites for hydroxylation is 1. The minimum Gasteiger partial charge on any atom is -0.508 e. The van der Waals surface area contributed by atoms with Crippen LogP contribution in [0.2, 0.25) is 0 Å². The lowest BCUT2D eigenvalue weighted by atomic mass is 9.99. The minimum atomic E-state index is -0.412. The third-order valence-corrected chi connectivity index (χ3v) is 2.37. The Morgan fingerprint density at radius 1 is 1.40 bits per heavy atom. The molecule has 2 unspecified atom stereocenters. The second-order valence-corrected chi connectivity index (χ2v) is 3.71. The summed E-state index contributed by atoms with van der Waals surface area (Å²) in [6.45, 7) is 2.28. The molecule has 0 aliphatic heterocycles. The second kappa shape index (κ2) is 5.11. The summed E-state index contributed by atoms with van der Waals surface area (Å²) in [5.41, 5.74) is 13.4. The Hall–Kier alpha value is -1.10. The topological polar surface area (TPSA) is 81.5 Å². The number of aromatic hydroxyl groups is 1. The highest BCUT2D eigenvalue weighted by Crippen LogP contribution is 2.25. The van der Waals surface area contributed by atoms with Crippen LogP contribution in [0.3, 0.4) is 0 Å². The monoisotopic (exact) mass is 210 g/mol. The van der Waals surface area contributed by atoms with Crippen LogP contribution in [0.1, 0.15) is 17.2 Å². The van der Waals surface area contributed by atoms with Crippen LogP contribution in [0.15, 0.2) is 18.2 Å². The summed E-state index contributed by atoms with van der Waals surface area (Å²) < 4.78 is 4.92. The first-order chi connectivity index (χ1) is 7.06. The van der Waals surface area contributed by atoms with Gasteiger partial charge >= 0.3 is 0 Å². The van der Waals surface area contributed by atoms with Crippen molar-refractivity contribution in [2.24, 2.45) is 11.5 Å². The number of nitrogens with two attached hydrogens (primary N) is 2. The van der Waals surface area contributed by atoms with E-state index in [4.69, 9.17) is 16.2 Å². The predicted octanol–water partition coefficient (Wildman–Crippen LogP) is 0.674. The molecule has 0 heterocycles. The molecule has 0 amide bonds. The van der Waals surface area contributed by atoms with Crippen molar-refractivity contribution in [1.29, 1.82) is 0 Å². The lowest BCUT2D eigenvalue weighted by Crippen LogP contribution is -2.37. The normalized spacial score (nSPS) is 14.9. The van der Waals surface area contributed by atoms with E-state index in [9.17, 15) is 5.11 Å². The summed E-state index contributed by atoms with van der Waals surface area (Å²) in [7, 11) is 1.57. The Balaban J connectivity index is 2.86. The Kier molecular flexibility index (Phi) is 4.08. The smallest absolute Gasteiger partial charge is 0.120 e. The molecular weight excluding hydrogens is 192 g/mol. The van der Waals surface area contributed by atoms with Gasteiger partial charge in [0.25, 0.3) is 0 Å². The Labute approximate surface area is 89.8 Å². The summed E-state index contributed by atoms with van der Waals surface area (Å²) in [4.78, 5) is 0. The molecule has 5 N–H and O–H groups in total. The molecule has 2 atom stereocenters. The van der Waals surface area contributed by atoms with Gasteiger partial charge in [0.05, 0.1) is 12.6 Å². The molecule has 0 aromatic heterocycles. The molecule has 0 radical (unpaired) electrons. The van der Waals surface area contributed by atoms with Crippen LogP contribution >= 0.6 is 0 Å². The maximum atomic E-state index is 9.70. The highest BCUT2D eigenvalue weighted by atomic mass is 16.5. The fourth-order valence-corrected chi connectivity index (χ4v) is 1.46. The van der Waals surface area contributed by atoms with Gasteiger partial charge in [-0.25, -0.2) is 0 Å². The molecule has 1 aromatic rings. The van der Waals surface area contributed by atoms with E-state index in [0.29, 0.717) is 12.2 Å². The van der Waals surface area contributed by atoms with E-state index in [1.165, 1.54) is 0 Å². The van der Waals surface area contributed by atoms with Gasteiger partial charge in [0.15, 0.2) is 0 Å². The third kappa shape index (κ3) is 2.92. The minimum absolute atomic E-state index is 0.189. The van der Waals surface area contributed by atoms with E-state index in [1.54, 1.807) is 19.2 Å². The maximum Gasteiger partial charge on any atom is 0.120 e. The van der Waals surface area contributed by atoms with Gasteiger partial charge in [0, 0.05) is 18.7 Å². The SMILES string of the molecule is COCC(N)C(N)c1ccc(C)cc1O. The standard InChI is InChI=1S/C11H18N2O2/c1-7-3-4-8(10(14)5-7)11(13)9(12)6-15-2/h3-5,9,11,14H,6,12-13H2,1-2H3. The van der Waals surface area contributed by atoms with Crippen LogP contribution in [0.5, 0.6) is 5.75 Å². The average Bonchev–Trinajstić information content (AvgIpc) is 2.17. The summed E-state index contributed by atoms with van der Waals surface area (Å²) in [5, 5.41) is 9.70. The van der Waals surface area contributed by atoms with Crippen LogP contribution in [0.4, 0.5) is 0 Å². The number of rotatable bonds is 4. The number of hydrogen-bond donors (Lipinski definition) is 3. The molecule has 0 saturated carbocycles. The van der Waals surface area contributed by atoms with E-state index < -0.39 is 6.04 Å². The van der Waals surface area contributed by atoms with Crippen LogP contribution in [-0.4, -0.2) is 24.9 Å². The molecule has 84 valence electrons. The molecule has 0 fully saturated rings. The number of ether oxygens (including phenoxy) is 1. The van der Waals surface area contributed by atoms with Crippen molar-refractivity contribution >= 4 is 0 Å². The lowest BCUT2D eigenvalue weighted by Gasteiger charge is -2.20. The highest BCUT2D eigenvalue weighted by molar-refractivity contribution is 5.38. The number of methoxy groups -OCH3 is 1. The average molecular weight is 210 g/mol. The largest absolute Gasteiger partial charge is 0.508 e. The number of benzene rings is 1. The lowest BCUT2D eigenvalue weighted by molar-refractivity contribution is 0.170. The Bertz CT molecular complexity index is 328. The van der Waals surface area contributed by atoms with Crippen molar-refractivity contribution in [2.75, 3.05) is 13.7 Å². The van der Waals surface area contributed by atoms with Crippen molar-refractivity contribution in [3.05, 3.63) is 29.3 Å². The molecule has 0 bridgehead atoms. The zero-order valence-electron chi connectivity index (χ0n) is 9.10. The van der Waals surface area contributed by atoms with Crippen molar-refractivity contribution in [1.82, 2.24) is 0 Å². The molecule has 0 aliphatic carbocycles. The third-order valence-electron chi connectivity index (χ3n) is 2.37. The van der Waals surface area contributed by atoms with Gasteiger partial charge in [0.2, 0.25) is 0 Å². The first-order valence-corrected chi connectivity index (χ1v) is 4.86. The van der Waals surface area contributed by atoms with Gasteiger partial charge in [-0.1, -0.05) is 12.1 Å². The van der Waals surface area contributed by atoms with E-state index in [2.05, 4.69) is 0 Å². The van der Waals surface area contributed by atoms with Gasteiger partial charge in [-0.3, -0.25) is 0 Å². The second-order valence-electron chi connectivity index (χ2n) is 3.71. The van der Waals surface area contributed by atoms with Gasteiger partial charge in [-0.2, -0.15) is 0 Å². The van der Waals surface area contributed by atoms with Crippen LogP contribution in [-0.2, 0) is 4.74 Å². The van der Waals surface area contributed by atoms with E-state index >= 15 is 0 Å². The summed E-state index contributed by atoms with van der Waals surface area (Å²) in [6.07, 6.45) is 0. The summed E-state index contributed by atoms with van der Waals surface area (Å²) >= 11 is 0. The van der Waals surface area contributed by atoms with Gasteiger partial charge in [-0.05, 0) is 18.6 Å². The van der Waals surface area contributed by atoms with E-state index in [0.717, 1.165) is 5.56 Å². The van der Waals surface area contributed by atoms with Crippen molar-refractivity contribution in [3.63, 3.8) is 0 Å². The summed E-state index contributed by atoms with van der Waals surface area (Å²) in [6, 6.07) is 4.64. The molecule has 4 nitrogen and oxygen atoms in total. The van der Waals surface area contributed by atoms with Crippen molar-refractivity contribution in [3.8, 4) is 5.75 Å². The molecule has 15 heavy (non-hydrogen) atoms. The van der Waals surface area contributed by atoms with Crippen LogP contribution < -0.4 is 11.5 Å². The maximum absolute atomic E-state index is 9.70. The van der Waals surface area contributed by atoms with Gasteiger partial charge < -0.3 is 21.3 Å². The van der Waals surface area contributed by atoms with Crippen molar-refractivity contribution in [2.45, 2.75) is 19.0 Å². The van der Waals surface area contributed by atoms with E-state index in [1.807, 2.05) is 13.0 Å². The highest BCUT2D eigenvalue weighted by Gasteiger charge is 2.18. The quantitative estimate of drug-likeness (QED) is 0.682. The molecule has 1 aromatic carbocycles. The molecular formula is C11H18N2O2. The van der Waals surface area contributed by atoms with Crippen LogP contribution in [0, 0.1) is 6.92 Å². The van der Waals surface area contributed by atoms with Gasteiger partial charge in [-0.15, -0.1) is 0 Å². The number of phenolic OH excluding ortho intramolecular Hbond substituents is 1. The number of phenols is 1. The predicted molar refractivity (Wildman–Crippen MR) is 59.6 cm³/mol.